The molecule has 1 atom stereocenters. The highest BCUT2D eigenvalue weighted by Crippen LogP contribution is 2.30. The largest absolute Gasteiger partial charge is 0.384 e. The highest BCUT2D eigenvalue weighted by Gasteiger charge is 2.24. The summed E-state index contributed by atoms with van der Waals surface area (Å²) in [7, 11) is 0. The Morgan fingerprint density at radius 2 is 2.21 bits per heavy atom. The van der Waals surface area contributed by atoms with Crippen LogP contribution in [-0.4, -0.2) is 18.4 Å². The fraction of sp³-hybridized carbons (Fsp3) is 0.562. The molecule has 2 rings (SSSR count). The highest BCUT2D eigenvalue weighted by atomic mass is 15.2. The smallest absolute Gasteiger partial charge is 0.124 e. The summed E-state index contributed by atoms with van der Waals surface area (Å²) in [5.41, 5.74) is 9.03. The summed E-state index contributed by atoms with van der Waals surface area (Å²) in [6.45, 7) is 5.44. The lowest BCUT2D eigenvalue weighted by Gasteiger charge is -2.38. The number of benzene rings is 1. The Labute approximate surface area is 116 Å². The van der Waals surface area contributed by atoms with E-state index >= 15 is 0 Å². The zero-order valence-corrected chi connectivity index (χ0v) is 12.1. The van der Waals surface area contributed by atoms with Crippen molar-refractivity contribution < 1.29 is 0 Å². The molecule has 1 aliphatic rings. The molecule has 104 valence electrons. The first kappa shape index (κ1) is 13.9. The van der Waals surface area contributed by atoms with Gasteiger partial charge in [-0.05, 0) is 50.3 Å². The van der Waals surface area contributed by atoms with Crippen molar-refractivity contribution in [2.45, 2.75) is 52.0 Å². The van der Waals surface area contributed by atoms with Crippen molar-refractivity contribution in [3.63, 3.8) is 0 Å². The monoisotopic (exact) mass is 259 g/mol. The molecule has 3 nitrogen and oxygen atoms in total. The van der Waals surface area contributed by atoms with Gasteiger partial charge in [0.15, 0.2) is 0 Å². The molecular formula is C16H25N3. The van der Waals surface area contributed by atoms with E-state index in [2.05, 4.69) is 24.8 Å². The maximum atomic E-state index is 7.78. The van der Waals surface area contributed by atoms with E-state index in [1.165, 1.54) is 37.7 Å². The highest BCUT2D eigenvalue weighted by molar-refractivity contribution is 6.00. The van der Waals surface area contributed by atoms with Gasteiger partial charge in [0.05, 0.1) is 0 Å². The molecule has 0 aliphatic carbocycles. The van der Waals surface area contributed by atoms with Gasteiger partial charge in [0.25, 0.3) is 0 Å². The van der Waals surface area contributed by atoms with E-state index in [1.807, 2.05) is 12.1 Å². The molecule has 19 heavy (non-hydrogen) atoms. The molecule has 3 heteroatoms. The molecule has 0 radical (unpaired) electrons. The molecule has 1 aromatic carbocycles. The minimum absolute atomic E-state index is 0.177. The van der Waals surface area contributed by atoms with Crippen molar-refractivity contribution >= 4 is 11.5 Å². The predicted octanol–water partition coefficient (Wildman–Crippen LogP) is 3.44. The van der Waals surface area contributed by atoms with Crippen LogP contribution in [-0.2, 0) is 0 Å². The van der Waals surface area contributed by atoms with Crippen molar-refractivity contribution in [3.05, 3.63) is 29.3 Å². The van der Waals surface area contributed by atoms with Gasteiger partial charge in [-0.1, -0.05) is 19.4 Å². The number of nitrogens with two attached hydrogens (primary N) is 1. The van der Waals surface area contributed by atoms with Crippen molar-refractivity contribution in [2.24, 2.45) is 5.73 Å². The molecule has 3 N–H and O–H groups in total. The van der Waals surface area contributed by atoms with Crippen molar-refractivity contribution in [1.29, 1.82) is 5.41 Å². The molecular weight excluding hydrogens is 234 g/mol. The van der Waals surface area contributed by atoms with Crippen molar-refractivity contribution in [1.82, 2.24) is 0 Å². The third-order valence-corrected chi connectivity index (χ3v) is 4.00. The zero-order valence-electron chi connectivity index (χ0n) is 12.1. The molecule has 1 aromatic rings. The number of aryl methyl sites for hydroxylation is 1. The van der Waals surface area contributed by atoms with E-state index in [-0.39, 0.29) is 5.84 Å². The van der Waals surface area contributed by atoms with Gasteiger partial charge in [0, 0.05) is 23.8 Å². The second-order valence-electron chi connectivity index (χ2n) is 5.57. The molecule has 1 saturated heterocycles. The Morgan fingerprint density at radius 1 is 1.42 bits per heavy atom. The number of piperidine rings is 1. The van der Waals surface area contributed by atoms with Gasteiger partial charge in [-0.25, -0.2) is 0 Å². The SMILES string of the molecule is CCCC1CCCCN1c1cc(C)ccc1C(=N)N. The molecule has 0 bridgehead atoms. The van der Waals surface area contributed by atoms with E-state index in [0.29, 0.717) is 6.04 Å². The normalized spacial score (nSPS) is 19.5. The average Bonchev–Trinajstić information content (AvgIpc) is 2.39. The van der Waals surface area contributed by atoms with Crippen LogP contribution in [0, 0.1) is 12.3 Å². The zero-order chi connectivity index (χ0) is 13.8. The first-order valence-corrected chi connectivity index (χ1v) is 7.35. The fourth-order valence-electron chi connectivity index (χ4n) is 3.06. The quantitative estimate of drug-likeness (QED) is 0.643. The maximum absolute atomic E-state index is 7.78. The molecule has 0 aromatic heterocycles. The lowest BCUT2D eigenvalue weighted by molar-refractivity contribution is 0.434. The summed E-state index contributed by atoms with van der Waals surface area (Å²) >= 11 is 0. The van der Waals surface area contributed by atoms with Crippen LogP contribution in [0.25, 0.3) is 0 Å². The predicted molar refractivity (Wildman–Crippen MR) is 82.1 cm³/mol. The van der Waals surface area contributed by atoms with Gasteiger partial charge < -0.3 is 10.6 Å². The third kappa shape index (κ3) is 3.09. The fourth-order valence-corrected chi connectivity index (χ4v) is 3.06. The van der Waals surface area contributed by atoms with Crippen molar-refractivity contribution in [3.8, 4) is 0 Å². The molecule has 1 fully saturated rings. The van der Waals surface area contributed by atoms with Crippen LogP contribution in [0.5, 0.6) is 0 Å². The summed E-state index contributed by atoms with van der Waals surface area (Å²) in [5, 5.41) is 7.78. The van der Waals surface area contributed by atoms with Crippen LogP contribution >= 0.6 is 0 Å². The second kappa shape index (κ2) is 6.09. The van der Waals surface area contributed by atoms with E-state index < -0.39 is 0 Å². The summed E-state index contributed by atoms with van der Waals surface area (Å²) in [6.07, 6.45) is 6.26. The Balaban J connectivity index is 2.37. The Hall–Kier alpha value is -1.51. The van der Waals surface area contributed by atoms with Crippen LogP contribution in [0.2, 0.25) is 0 Å². The Bertz CT molecular complexity index is 451. The van der Waals surface area contributed by atoms with E-state index in [0.717, 1.165) is 17.8 Å². The molecule has 1 unspecified atom stereocenters. The summed E-state index contributed by atoms with van der Waals surface area (Å²) in [4.78, 5) is 2.48. The maximum Gasteiger partial charge on any atom is 0.124 e. The Kier molecular flexibility index (Phi) is 4.46. The molecule has 0 saturated carbocycles. The number of rotatable bonds is 4. The second-order valence-corrected chi connectivity index (χ2v) is 5.57. The number of hydrogen-bond donors (Lipinski definition) is 2. The van der Waals surface area contributed by atoms with E-state index in [9.17, 15) is 0 Å². The number of hydrogen-bond acceptors (Lipinski definition) is 2. The number of nitrogen functional groups attached to an aromatic ring is 1. The Morgan fingerprint density at radius 3 is 2.89 bits per heavy atom. The van der Waals surface area contributed by atoms with Crippen LogP contribution in [0.1, 0.15) is 50.2 Å². The molecule has 0 amide bonds. The van der Waals surface area contributed by atoms with E-state index in [1.54, 1.807) is 0 Å². The lowest BCUT2D eigenvalue weighted by atomic mass is 9.95. The van der Waals surface area contributed by atoms with E-state index in [4.69, 9.17) is 11.1 Å². The van der Waals surface area contributed by atoms with Gasteiger partial charge in [-0.2, -0.15) is 0 Å². The average molecular weight is 259 g/mol. The van der Waals surface area contributed by atoms with Crippen LogP contribution in [0.4, 0.5) is 5.69 Å². The van der Waals surface area contributed by atoms with Gasteiger partial charge in [-0.3, -0.25) is 5.41 Å². The number of amidine groups is 1. The first-order chi connectivity index (χ1) is 9.13. The molecule has 1 heterocycles. The standard InChI is InChI=1S/C16H25N3/c1-3-6-13-7-4-5-10-19(13)15-11-12(2)8-9-14(15)16(17)18/h8-9,11,13H,3-7,10H2,1-2H3,(H3,17,18). The minimum Gasteiger partial charge on any atom is -0.384 e. The van der Waals surface area contributed by atoms with Crippen LogP contribution in [0.15, 0.2) is 18.2 Å². The number of anilines is 1. The summed E-state index contributed by atoms with van der Waals surface area (Å²) in [6, 6.07) is 6.83. The number of nitrogens with zero attached hydrogens (tertiary/aromatic N) is 1. The summed E-state index contributed by atoms with van der Waals surface area (Å²) < 4.78 is 0. The molecule has 0 spiro atoms. The topological polar surface area (TPSA) is 53.1 Å². The third-order valence-electron chi connectivity index (χ3n) is 4.00. The van der Waals surface area contributed by atoms with Gasteiger partial charge >= 0.3 is 0 Å². The summed E-state index contributed by atoms with van der Waals surface area (Å²) in [5.74, 6) is 0.177. The lowest BCUT2D eigenvalue weighted by Crippen LogP contribution is -2.40. The minimum atomic E-state index is 0.177. The van der Waals surface area contributed by atoms with Crippen LogP contribution in [0.3, 0.4) is 0 Å². The number of nitrogens with one attached hydrogen (secondary N) is 1. The van der Waals surface area contributed by atoms with Crippen LogP contribution < -0.4 is 10.6 Å². The van der Waals surface area contributed by atoms with Gasteiger partial charge in [0.1, 0.15) is 5.84 Å². The molecule has 1 aliphatic heterocycles. The van der Waals surface area contributed by atoms with Gasteiger partial charge in [-0.15, -0.1) is 0 Å². The van der Waals surface area contributed by atoms with Crippen molar-refractivity contribution in [2.75, 3.05) is 11.4 Å². The first-order valence-electron chi connectivity index (χ1n) is 7.35. The van der Waals surface area contributed by atoms with Gasteiger partial charge in [0.2, 0.25) is 0 Å².